The van der Waals surface area contributed by atoms with Gasteiger partial charge >= 0.3 is 6.18 Å². The maximum Gasteiger partial charge on any atom is 0.416 e. The summed E-state index contributed by atoms with van der Waals surface area (Å²) in [6, 6.07) is 21.2. The predicted molar refractivity (Wildman–Crippen MR) is 144 cm³/mol. The molecule has 1 aliphatic heterocycles. The summed E-state index contributed by atoms with van der Waals surface area (Å²) in [5, 5.41) is 0. The van der Waals surface area contributed by atoms with Crippen LogP contribution in [0.15, 0.2) is 90.1 Å². The summed E-state index contributed by atoms with van der Waals surface area (Å²) in [6.45, 7) is 2.72. The van der Waals surface area contributed by atoms with E-state index < -0.39 is 21.8 Å². The number of hydrogen-bond donors (Lipinski definition) is 1. The topological polar surface area (TPSA) is 69.3 Å². The van der Waals surface area contributed by atoms with Gasteiger partial charge in [0.1, 0.15) is 0 Å². The number of halogens is 3. The predicted octanol–water partition coefficient (Wildman–Crippen LogP) is 5.95. The van der Waals surface area contributed by atoms with Crippen molar-refractivity contribution in [3.05, 3.63) is 113 Å². The van der Waals surface area contributed by atoms with Crippen molar-refractivity contribution in [2.75, 3.05) is 11.4 Å². The number of aromatic nitrogens is 2. The van der Waals surface area contributed by atoms with Crippen LogP contribution < -0.4 is 4.90 Å². The van der Waals surface area contributed by atoms with Gasteiger partial charge in [-0.25, -0.2) is 13.4 Å². The zero-order valence-corrected chi connectivity index (χ0v) is 22.2. The van der Waals surface area contributed by atoms with Gasteiger partial charge in [0, 0.05) is 30.5 Å². The molecule has 0 bridgehead atoms. The van der Waals surface area contributed by atoms with Crippen LogP contribution in [0.4, 0.5) is 18.9 Å². The fourth-order valence-electron chi connectivity index (χ4n) is 5.00. The molecule has 0 aliphatic carbocycles. The Kier molecular flexibility index (Phi) is 7.51. The third kappa shape index (κ3) is 5.86. The Balaban J connectivity index is 1.53. The van der Waals surface area contributed by atoms with Gasteiger partial charge in [-0.15, -0.1) is 0 Å². The number of rotatable bonds is 7. The highest BCUT2D eigenvalue weighted by Gasteiger charge is 2.36. The van der Waals surface area contributed by atoms with Crippen LogP contribution >= 0.6 is 0 Å². The molecule has 1 N–H and O–H groups in total. The molecule has 0 unspecified atom stereocenters. The first-order chi connectivity index (χ1) is 18.6. The largest absolute Gasteiger partial charge is 0.416 e. The quantitative estimate of drug-likeness (QED) is 0.307. The fourth-order valence-corrected chi connectivity index (χ4v) is 6.46. The van der Waals surface area contributed by atoms with E-state index in [0.717, 1.165) is 58.9 Å². The minimum atomic E-state index is -4.54. The van der Waals surface area contributed by atoms with E-state index in [0.29, 0.717) is 13.0 Å². The Hall–Kier alpha value is -3.63. The van der Waals surface area contributed by atoms with Gasteiger partial charge in [-0.1, -0.05) is 48.5 Å². The molecule has 3 aromatic carbocycles. The van der Waals surface area contributed by atoms with Crippen molar-refractivity contribution in [2.45, 2.75) is 50.0 Å². The van der Waals surface area contributed by atoms with Gasteiger partial charge in [-0.3, -0.25) is 0 Å². The van der Waals surface area contributed by atoms with E-state index in [1.807, 2.05) is 61.5 Å². The lowest BCUT2D eigenvalue weighted by atomic mass is 10.0. The highest BCUT2D eigenvalue weighted by molar-refractivity contribution is 7.89. The monoisotopic (exact) mass is 554 g/mol. The second-order valence-electron chi connectivity index (χ2n) is 9.73. The Morgan fingerprint density at radius 1 is 0.974 bits per heavy atom. The summed E-state index contributed by atoms with van der Waals surface area (Å²) in [5.74, 6) is 0. The van der Waals surface area contributed by atoms with Gasteiger partial charge in [0.15, 0.2) is 0 Å². The zero-order valence-electron chi connectivity index (χ0n) is 21.4. The van der Waals surface area contributed by atoms with E-state index in [-0.39, 0.29) is 24.0 Å². The number of nitrogens with zero attached hydrogens (tertiary/aromatic N) is 3. The molecule has 0 fully saturated rings. The van der Waals surface area contributed by atoms with Crippen molar-refractivity contribution >= 4 is 15.7 Å². The van der Waals surface area contributed by atoms with Crippen molar-refractivity contribution in [3.8, 4) is 0 Å². The molecule has 1 atom stereocenters. The van der Waals surface area contributed by atoms with Crippen LogP contribution in [0.2, 0.25) is 0 Å². The van der Waals surface area contributed by atoms with Gasteiger partial charge in [-0.05, 0) is 61.2 Å². The number of sulfonamides is 1. The fraction of sp³-hybridized carbons (Fsp3) is 0.276. The number of anilines is 1. The van der Waals surface area contributed by atoms with Crippen LogP contribution in [0.25, 0.3) is 0 Å². The van der Waals surface area contributed by atoms with Crippen molar-refractivity contribution in [2.24, 2.45) is 0 Å². The molecule has 4 aromatic rings. The van der Waals surface area contributed by atoms with Crippen molar-refractivity contribution in [1.82, 2.24) is 14.3 Å². The third-order valence-corrected chi connectivity index (χ3v) is 9.01. The molecule has 1 aromatic heterocycles. The van der Waals surface area contributed by atoms with Crippen LogP contribution in [-0.2, 0) is 35.7 Å². The van der Waals surface area contributed by atoms with Crippen LogP contribution in [0.1, 0.15) is 34.5 Å². The van der Waals surface area contributed by atoms with Gasteiger partial charge in [-0.2, -0.15) is 17.5 Å². The molecular formula is C29H29F3N4O2S. The standard InChI is InChI=1S/C29H29F3N4O2S/c1-21-27(34-20-33-21)19-36-25(14-11-22-7-3-2-4-8-22)18-35(17-23-9-5-6-10-28(23)36)39(37,38)26-15-12-24(13-16-26)29(30,31)32/h2-10,12-13,15-16,20,25H,11,14,17-19H2,1H3,(H,33,34)/t25-/m0/s1. The molecule has 2 heterocycles. The minimum Gasteiger partial charge on any atom is -0.361 e. The summed E-state index contributed by atoms with van der Waals surface area (Å²) >= 11 is 0. The lowest BCUT2D eigenvalue weighted by molar-refractivity contribution is -0.137. The molecule has 0 spiro atoms. The molecule has 10 heteroatoms. The molecule has 5 rings (SSSR count). The Bertz CT molecular complexity index is 1520. The first-order valence-corrected chi connectivity index (χ1v) is 14.1. The zero-order chi connectivity index (χ0) is 27.6. The Labute approximate surface area is 226 Å². The first kappa shape index (κ1) is 27.0. The molecular weight excluding hydrogens is 525 g/mol. The Morgan fingerprint density at radius 3 is 2.33 bits per heavy atom. The van der Waals surface area contributed by atoms with E-state index in [9.17, 15) is 21.6 Å². The number of H-pyrrole nitrogens is 1. The second-order valence-corrected chi connectivity index (χ2v) is 11.7. The number of benzene rings is 3. The molecule has 0 radical (unpaired) electrons. The molecule has 6 nitrogen and oxygen atoms in total. The number of nitrogens with one attached hydrogen (secondary N) is 1. The average Bonchev–Trinajstić information content (AvgIpc) is 3.25. The Morgan fingerprint density at radius 2 is 1.67 bits per heavy atom. The van der Waals surface area contributed by atoms with Gasteiger partial charge in [0.25, 0.3) is 0 Å². The maximum atomic E-state index is 13.8. The van der Waals surface area contributed by atoms with Crippen molar-refractivity contribution in [3.63, 3.8) is 0 Å². The van der Waals surface area contributed by atoms with Crippen LogP contribution in [-0.4, -0.2) is 35.3 Å². The first-order valence-electron chi connectivity index (χ1n) is 12.7. The smallest absolute Gasteiger partial charge is 0.361 e. The van der Waals surface area contributed by atoms with E-state index in [1.165, 1.54) is 4.31 Å². The number of hydrogen-bond acceptors (Lipinski definition) is 4. The molecule has 0 saturated carbocycles. The minimum absolute atomic E-state index is 0.109. The molecule has 39 heavy (non-hydrogen) atoms. The lowest BCUT2D eigenvalue weighted by Gasteiger charge is -2.34. The summed E-state index contributed by atoms with van der Waals surface area (Å²) in [7, 11) is -4.08. The molecule has 0 saturated heterocycles. The number of fused-ring (bicyclic) bond motifs is 1. The van der Waals surface area contributed by atoms with E-state index in [2.05, 4.69) is 14.9 Å². The number of para-hydroxylation sites is 1. The van der Waals surface area contributed by atoms with Crippen molar-refractivity contribution in [1.29, 1.82) is 0 Å². The van der Waals surface area contributed by atoms with Crippen LogP contribution in [0.5, 0.6) is 0 Å². The highest BCUT2D eigenvalue weighted by Crippen LogP contribution is 2.35. The van der Waals surface area contributed by atoms with Gasteiger partial charge in [0.2, 0.25) is 10.0 Å². The van der Waals surface area contributed by atoms with E-state index in [4.69, 9.17) is 0 Å². The number of aryl methyl sites for hydroxylation is 2. The van der Waals surface area contributed by atoms with Gasteiger partial charge in [0.05, 0.1) is 29.0 Å². The summed E-state index contributed by atoms with van der Waals surface area (Å²) < 4.78 is 68.4. The summed E-state index contributed by atoms with van der Waals surface area (Å²) in [4.78, 5) is 9.66. The third-order valence-electron chi connectivity index (χ3n) is 7.19. The normalized spacial score (nSPS) is 16.6. The van der Waals surface area contributed by atoms with Crippen molar-refractivity contribution < 1.29 is 21.6 Å². The molecule has 0 amide bonds. The highest BCUT2D eigenvalue weighted by atomic mass is 32.2. The average molecular weight is 555 g/mol. The lowest BCUT2D eigenvalue weighted by Crippen LogP contribution is -2.43. The second kappa shape index (κ2) is 10.9. The van der Waals surface area contributed by atoms with Crippen LogP contribution in [0, 0.1) is 6.92 Å². The molecule has 204 valence electrons. The van der Waals surface area contributed by atoms with Gasteiger partial charge < -0.3 is 9.88 Å². The summed E-state index contributed by atoms with van der Waals surface area (Å²) in [5.41, 5.74) is 3.81. The number of imidazole rings is 1. The number of alkyl halides is 3. The number of aromatic amines is 1. The van der Waals surface area contributed by atoms with E-state index in [1.54, 1.807) is 6.33 Å². The SMILES string of the molecule is Cc1[nH]cnc1CN1c2ccccc2CN(S(=O)(=O)c2ccc(C(F)(F)F)cc2)C[C@@H]1CCc1ccccc1. The summed E-state index contributed by atoms with van der Waals surface area (Å²) in [6.07, 6.45) is -1.50. The maximum absolute atomic E-state index is 13.8. The van der Waals surface area contributed by atoms with Crippen LogP contribution in [0.3, 0.4) is 0 Å². The van der Waals surface area contributed by atoms with E-state index >= 15 is 0 Å². The molecule has 1 aliphatic rings.